The van der Waals surface area contributed by atoms with E-state index < -0.39 is 17.9 Å². The molecule has 3 N–H and O–H groups in total. The monoisotopic (exact) mass is 366 g/mol. The maximum Gasteiger partial charge on any atom is 0.326 e. The molecule has 1 aromatic heterocycles. The Labute approximate surface area is 157 Å². The number of nitrogens with one attached hydrogen (secondary N) is 2. The average Bonchev–Trinajstić information content (AvgIpc) is 3.03. The number of carbonyl (C=O) groups excluding carboxylic acids is 1. The van der Waals surface area contributed by atoms with Crippen molar-refractivity contribution in [3.05, 3.63) is 65.4 Å². The molecule has 27 heavy (non-hydrogen) atoms. The Morgan fingerprint density at radius 1 is 1.19 bits per heavy atom. The number of aromatic amines is 1. The number of aliphatic carboxylic acids is 1. The molecule has 0 fully saturated rings. The van der Waals surface area contributed by atoms with Crippen molar-refractivity contribution in [1.29, 1.82) is 0 Å². The van der Waals surface area contributed by atoms with E-state index in [1.165, 1.54) is 0 Å². The fraction of sp³-hybridized carbons (Fsp3) is 0.238. The molecule has 1 amide bonds. The van der Waals surface area contributed by atoms with Gasteiger partial charge in [-0.3, -0.25) is 4.79 Å². The number of rotatable bonds is 7. The van der Waals surface area contributed by atoms with Crippen molar-refractivity contribution >= 4 is 22.8 Å². The van der Waals surface area contributed by atoms with Gasteiger partial charge < -0.3 is 20.1 Å². The van der Waals surface area contributed by atoms with Crippen LogP contribution in [0.2, 0.25) is 0 Å². The Balaban J connectivity index is 1.63. The summed E-state index contributed by atoms with van der Waals surface area (Å²) < 4.78 is 5.53. The molecule has 2 aromatic carbocycles. The largest absolute Gasteiger partial charge is 0.484 e. The van der Waals surface area contributed by atoms with Gasteiger partial charge in [0.05, 0.1) is 0 Å². The normalized spacial score (nSPS) is 11.9. The maximum atomic E-state index is 12.2. The zero-order valence-electron chi connectivity index (χ0n) is 15.3. The molecule has 0 aliphatic heterocycles. The van der Waals surface area contributed by atoms with Crippen LogP contribution in [0.25, 0.3) is 10.9 Å². The highest BCUT2D eigenvalue weighted by molar-refractivity contribution is 5.87. The fourth-order valence-electron chi connectivity index (χ4n) is 3.06. The number of carboxylic acid groups (broad SMARTS) is 1. The van der Waals surface area contributed by atoms with Gasteiger partial charge in [-0.05, 0) is 37.1 Å². The Bertz CT molecular complexity index is 977. The van der Waals surface area contributed by atoms with Crippen LogP contribution in [-0.2, 0) is 16.0 Å². The number of aryl methyl sites for hydroxylation is 2. The van der Waals surface area contributed by atoms with E-state index in [9.17, 15) is 14.7 Å². The van der Waals surface area contributed by atoms with Gasteiger partial charge in [0, 0.05) is 23.5 Å². The number of H-pyrrole nitrogens is 1. The summed E-state index contributed by atoms with van der Waals surface area (Å²) in [5.74, 6) is -0.943. The van der Waals surface area contributed by atoms with E-state index in [2.05, 4.69) is 10.3 Å². The molecule has 0 saturated carbocycles. The number of benzene rings is 2. The van der Waals surface area contributed by atoms with Crippen LogP contribution in [0.4, 0.5) is 0 Å². The van der Waals surface area contributed by atoms with Crippen molar-refractivity contribution in [3.63, 3.8) is 0 Å². The number of carboxylic acids is 1. The molecule has 3 rings (SSSR count). The Kier molecular flexibility index (Phi) is 5.45. The minimum Gasteiger partial charge on any atom is -0.484 e. The summed E-state index contributed by atoms with van der Waals surface area (Å²) in [4.78, 5) is 26.9. The van der Waals surface area contributed by atoms with Crippen LogP contribution in [-0.4, -0.2) is 34.6 Å². The second kappa shape index (κ2) is 7.95. The highest BCUT2D eigenvalue weighted by Gasteiger charge is 2.22. The second-order valence-corrected chi connectivity index (χ2v) is 6.58. The van der Waals surface area contributed by atoms with Gasteiger partial charge in [-0.1, -0.05) is 35.9 Å². The molecule has 6 nitrogen and oxygen atoms in total. The summed E-state index contributed by atoms with van der Waals surface area (Å²) in [6.07, 6.45) is 1.97. The molecule has 3 aromatic rings. The molecule has 0 spiro atoms. The number of hydrogen-bond donors (Lipinski definition) is 3. The molecule has 6 heteroatoms. The SMILES string of the molecule is Cc1ccc(OCC(=O)NC(Cc2c[nH]c3ccccc23)C(=O)O)c(C)c1. The fourth-order valence-corrected chi connectivity index (χ4v) is 3.06. The van der Waals surface area contributed by atoms with Crippen LogP contribution in [0.15, 0.2) is 48.7 Å². The first-order valence-electron chi connectivity index (χ1n) is 8.71. The lowest BCUT2D eigenvalue weighted by Crippen LogP contribution is -2.44. The Morgan fingerprint density at radius 3 is 2.70 bits per heavy atom. The number of hydrogen-bond acceptors (Lipinski definition) is 3. The number of fused-ring (bicyclic) bond motifs is 1. The quantitative estimate of drug-likeness (QED) is 0.599. The highest BCUT2D eigenvalue weighted by atomic mass is 16.5. The van der Waals surface area contributed by atoms with E-state index in [0.29, 0.717) is 5.75 Å². The number of ether oxygens (including phenoxy) is 1. The standard InChI is InChI=1S/C21H22N2O4/c1-13-7-8-19(14(2)9-13)27-12-20(24)23-18(21(25)26)10-15-11-22-17-6-4-3-5-16(15)17/h3-9,11,18,22H,10,12H2,1-2H3,(H,23,24)(H,25,26). The molecule has 0 aliphatic rings. The van der Waals surface area contributed by atoms with Crippen molar-refractivity contribution in [2.24, 2.45) is 0 Å². The summed E-state index contributed by atoms with van der Waals surface area (Å²) in [6.45, 7) is 3.64. The van der Waals surface area contributed by atoms with Gasteiger partial charge in [0.2, 0.25) is 0 Å². The molecule has 0 aliphatic carbocycles. The van der Waals surface area contributed by atoms with Crippen molar-refractivity contribution in [2.45, 2.75) is 26.3 Å². The first-order valence-corrected chi connectivity index (χ1v) is 8.71. The topological polar surface area (TPSA) is 91.4 Å². The van der Waals surface area contributed by atoms with Gasteiger partial charge in [0.1, 0.15) is 11.8 Å². The molecule has 0 saturated heterocycles. The van der Waals surface area contributed by atoms with Gasteiger partial charge in [0.25, 0.3) is 5.91 Å². The minimum absolute atomic E-state index is 0.189. The molecule has 1 unspecified atom stereocenters. The summed E-state index contributed by atoms with van der Waals surface area (Å²) >= 11 is 0. The van der Waals surface area contributed by atoms with Crippen molar-refractivity contribution in [3.8, 4) is 5.75 Å². The van der Waals surface area contributed by atoms with E-state index >= 15 is 0 Å². The minimum atomic E-state index is -1.08. The van der Waals surface area contributed by atoms with E-state index in [1.807, 2.05) is 50.2 Å². The van der Waals surface area contributed by atoms with Gasteiger partial charge in [-0.25, -0.2) is 4.79 Å². The summed E-state index contributed by atoms with van der Waals surface area (Å²) in [5.41, 5.74) is 3.81. The third kappa shape index (κ3) is 4.47. The average molecular weight is 366 g/mol. The molecule has 140 valence electrons. The first kappa shape index (κ1) is 18.5. The van der Waals surface area contributed by atoms with Crippen LogP contribution in [0.3, 0.4) is 0 Å². The van der Waals surface area contributed by atoms with Crippen LogP contribution in [0.5, 0.6) is 5.75 Å². The van der Waals surface area contributed by atoms with Gasteiger partial charge in [-0.15, -0.1) is 0 Å². The lowest BCUT2D eigenvalue weighted by molar-refractivity contribution is -0.142. The van der Waals surface area contributed by atoms with Crippen molar-refractivity contribution < 1.29 is 19.4 Å². The molecular weight excluding hydrogens is 344 g/mol. The predicted octanol–water partition coefficient (Wildman–Crippen LogP) is 2.98. The van der Waals surface area contributed by atoms with E-state index in [1.54, 1.807) is 12.3 Å². The molecule has 1 heterocycles. The molecule has 0 bridgehead atoms. The van der Waals surface area contributed by atoms with Crippen molar-refractivity contribution in [1.82, 2.24) is 10.3 Å². The van der Waals surface area contributed by atoms with Crippen LogP contribution in [0.1, 0.15) is 16.7 Å². The first-order chi connectivity index (χ1) is 12.9. The number of para-hydroxylation sites is 1. The van der Waals surface area contributed by atoms with Crippen molar-refractivity contribution in [2.75, 3.05) is 6.61 Å². The molecule has 1 atom stereocenters. The Morgan fingerprint density at radius 2 is 1.96 bits per heavy atom. The predicted molar refractivity (Wildman–Crippen MR) is 103 cm³/mol. The lowest BCUT2D eigenvalue weighted by Gasteiger charge is -2.15. The highest BCUT2D eigenvalue weighted by Crippen LogP contribution is 2.20. The van der Waals surface area contributed by atoms with Crippen LogP contribution >= 0.6 is 0 Å². The number of aromatic nitrogens is 1. The zero-order valence-corrected chi connectivity index (χ0v) is 15.3. The second-order valence-electron chi connectivity index (χ2n) is 6.58. The third-order valence-corrected chi connectivity index (χ3v) is 4.42. The van der Waals surface area contributed by atoms with E-state index in [0.717, 1.165) is 27.6 Å². The smallest absolute Gasteiger partial charge is 0.326 e. The van der Waals surface area contributed by atoms with E-state index in [-0.39, 0.29) is 13.0 Å². The maximum absolute atomic E-state index is 12.2. The molecule has 0 radical (unpaired) electrons. The summed E-state index contributed by atoms with van der Waals surface area (Å²) in [6, 6.07) is 12.3. The van der Waals surface area contributed by atoms with Crippen LogP contribution < -0.4 is 10.1 Å². The van der Waals surface area contributed by atoms with Gasteiger partial charge >= 0.3 is 5.97 Å². The van der Waals surface area contributed by atoms with Gasteiger partial charge in [-0.2, -0.15) is 0 Å². The van der Waals surface area contributed by atoms with Gasteiger partial charge in [0.15, 0.2) is 6.61 Å². The number of amides is 1. The van der Waals surface area contributed by atoms with E-state index in [4.69, 9.17) is 4.74 Å². The summed E-state index contributed by atoms with van der Waals surface area (Å²) in [5, 5.41) is 13.0. The zero-order chi connectivity index (χ0) is 19.4. The third-order valence-electron chi connectivity index (χ3n) is 4.42. The Hall–Kier alpha value is -3.28. The molecular formula is C21H22N2O4. The number of carbonyl (C=O) groups is 2. The van der Waals surface area contributed by atoms with Crippen LogP contribution in [0, 0.1) is 13.8 Å². The summed E-state index contributed by atoms with van der Waals surface area (Å²) in [7, 11) is 0. The lowest BCUT2D eigenvalue weighted by atomic mass is 10.1.